The Morgan fingerprint density at radius 3 is 1.48 bits per heavy atom. The Kier molecular flexibility index (Phi) is 10.4. The summed E-state index contributed by atoms with van der Waals surface area (Å²) in [4.78, 5) is 0. The summed E-state index contributed by atoms with van der Waals surface area (Å²) in [5.41, 5.74) is -0.971. The second kappa shape index (κ2) is 10.4. The van der Waals surface area contributed by atoms with Gasteiger partial charge in [-0.05, 0) is 30.1 Å². The van der Waals surface area contributed by atoms with Crippen molar-refractivity contribution in [3.8, 4) is 0 Å². The highest BCUT2D eigenvalue weighted by Crippen LogP contribution is 2.41. The Hall–Kier alpha value is 0.0600. The van der Waals surface area contributed by atoms with Gasteiger partial charge in [-0.3, -0.25) is 4.55 Å². The molecule has 0 aromatic carbocycles. The second-order valence-corrected chi connectivity index (χ2v) is 10.9. The molecule has 8 nitrogen and oxygen atoms in total. The van der Waals surface area contributed by atoms with Crippen LogP contribution in [0.3, 0.4) is 0 Å². The summed E-state index contributed by atoms with van der Waals surface area (Å²) in [6, 6.07) is 0. The first-order valence-corrected chi connectivity index (χ1v) is 11.5. The summed E-state index contributed by atoms with van der Waals surface area (Å²) in [7, 11) is -7.48. The molecule has 0 aromatic heterocycles. The highest BCUT2D eigenvalue weighted by Gasteiger charge is 2.27. The van der Waals surface area contributed by atoms with Crippen molar-refractivity contribution in [2.24, 2.45) is 10.8 Å². The molecule has 0 unspecified atom stereocenters. The van der Waals surface area contributed by atoms with E-state index in [0.29, 0.717) is 45.7 Å². The Balaban J connectivity index is 3.69. The van der Waals surface area contributed by atoms with Crippen LogP contribution in [0.15, 0.2) is 0 Å². The highest BCUT2D eigenvalue weighted by atomic mass is 32.3. The van der Waals surface area contributed by atoms with Crippen molar-refractivity contribution in [2.75, 3.05) is 37.9 Å². The van der Waals surface area contributed by atoms with Crippen LogP contribution >= 0.6 is 10.9 Å². The zero-order valence-corrected chi connectivity index (χ0v) is 17.2. The lowest BCUT2D eigenvalue weighted by Gasteiger charge is -2.31. The van der Waals surface area contributed by atoms with Gasteiger partial charge in [-0.15, -0.1) is 0 Å². The lowest BCUT2D eigenvalue weighted by Crippen LogP contribution is -2.25. The van der Waals surface area contributed by atoms with Crippen molar-refractivity contribution in [1.82, 2.24) is 0 Å². The fraction of sp³-hybridized carbons (Fsp3) is 1.00. The summed E-state index contributed by atoms with van der Waals surface area (Å²) >= 11 is 0. The Morgan fingerprint density at radius 2 is 1.12 bits per heavy atom. The summed E-state index contributed by atoms with van der Waals surface area (Å²) in [6.45, 7) is 9.03. The minimum atomic E-state index is -3.98. The van der Waals surface area contributed by atoms with Crippen molar-refractivity contribution >= 4 is 21.0 Å². The molecule has 154 valence electrons. The van der Waals surface area contributed by atoms with E-state index in [1.807, 2.05) is 13.8 Å². The van der Waals surface area contributed by atoms with E-state index in [4.69, 9.17) is 27.7 Å². The van der Waals surface area contributed by atoms with E-state index in [2.05, 4.69) is 0 Å². The van der Waals surface area contributed by atoms with Gasteiger partial charge in [-0.2, -0.15) is 8.42 Å². The first kappa shape index (κ1) is 25.1. The van der Waals surface area contributed by atoms with E-state index >= 15 is 0 Å². The Morgan fingerprint density at radius 1 is 0.720 bits per heavy atom. The van der Waals surface area contributed by atoms with Crippen LogP contribution in [0.4, 0.5) is 0 Å². The minimum absolute atomic E-state index is 0.0776. The predicted octanol–water partition coefficient (Wildman–Crippen LogP) is 3.35. The Bertz CT molecular complexity index is 468. The number of ether oxygens (including phenoxy) is 2. The van der Waals surface area contributed by atoms with E-state index < -0.39 is 31.8 Å². The lowest BCUT2D eigenvalue weighted by atomic mass is 9.92. The van der Waals surface area contributed by atoms with Crippen LogP contribution < -0.4 is 0 Å². The maximum absolute atomic E-state index is 10.9. The fourth-order valence-corrected chi connectivity index (χ4v) is 4.65. The summed E-state index contributed by atoms with van der Waals surface area (Å²) < 4.78 is 68.8. The molecule has 0 saturated heterocycles. The molecule has 0 aliphatic carbocycles. The van der Waals surface area contributed by atoms with Crippen LogP contribution in [0.5, 0.6) is 0 Å². The van der Waals surface area contributed by atoms with Crippen molar-refractivity contribution in [1.29, 1.82) is 0 Å². The molecule has 0 amide bonds. The number of rotatable bonds is 14. The number of hydrogen-bond acceptors (Lipinski definition) is 7. The van der Waals surface area contributed by atoms with E-state index in [0.717, 1.165) is 0 Å². The molecule has 10 heteroatoms. The van der Waals surface area contributed by atoms with Gasteiger partial charge in [0.05, 0.1) is 22.4 Å². The van der Waals surface area contributed by atoms with Crippen molar-refractivity contribution < 1.29 is 36.1 Å². The molecule has 0 aliphatic rings. The third-order valence-electron chi connectivity index (χ3n) is 3.58. The molecular weight excluding hydrogens is 372 g/mol. The third kappa shape index (κ3) is 17.2. The molecule has 0 heterocycles. The zero-order valence-electron chi connectivity index (χ0n) is 15.6. The summed E-state index contributed by atoms with van der Waals surface area (Å²) in [6.07, 6.45) is 1.80. The van der Waals surface area contributed by atoms with Gasteiger partial charge in [-0.1, -0.05) is 27.7 Å². The zero-order chi connectivity index (χ0) is 19.8. The van der Waals surface area contributed by atoms with Crippen LogP contribution in [-0.2, 0) is 19.6 Å². The van der Waals surface area contributed by atoms with Gasteiger partial charge in [0.25, 0.3) is 10.1 Å². The van der Waals surface area contributed by atoms with Crippen LogP contribution in [0.1, 0.15) is 47.0 Å². The molecule has 4 N–H and O–H groups in total. The maximum Gasteiger partial charge on any atom is 0.265 e. The van der Waals surface area contributed by atoms with Gasteiger partial charge in [-0.25, -0.2) is 0 Å². The van der Waals surface area contributed by atoms with Gasteiger partial charge in [0, 0.05) is 26.4 Å². The molecule has 0 bridgehead atoms. The third-order valence-corrected chi connectivity index (χ3v) is 5.90. The first-order chi connectivity index (χ1) is 11.1. The maximum atomic E-state index is 10.9. The standard InChI is InChI=1S/C15H34O8S2/c1-14(2,12-24(16,17)18)6-10-22-8-5-9-23-11-7-15(3,4)13-25(19,20)21/h16-18H,5-13H2,1-4H3,(H,19,20,21). The van der Waals surface area contributed by atoms with E-state index in [-0.39, 0.29) is 11.5 Å². The van der Waals surface area contributed by atoms with Crippen LogP contribution in [0.25, 0.3) is 0 Å². The molecular formula is C15H34O8S2. The molecule has 0 radical (unpaired) electrons. The van der Waals surface area contributed by atoms with E-state index in [1.54, 1.807) is 13.8 Å². The van der Waals surface area contributed by atoms with Gasteiger partial charge in [0.15, 0.2) is 0 Å². The molecule has 0 spiro atoms. The summed E-state index contributed by atoms with van der Waals surface area (Å²) in [5.74, 6) is -0.368. The van der Waals surface area contributed by atoms with Gasteiger partial charge >= 0.3 is 0 Å². The first-order valence-electron chi connectivity index (χ1n) is 8.21. The normalized spacial score (nSPS) is 14.7. The van der Waals surface area contributed by atoms with Gasteiger partial charge < -0.3 is 23.1 Å². The summed E-state index contributed by atoms with van der Waals surface area (Å²) in [5, 5.41) is 0. The van der Waals surface area contributed by atoms with Crippen molar-refractivity contribution in [3.63, 3.8) is 0 Å². The fourth-order valence-electron chi connectivity index (χ4n) is 2.33. The van der Waals surface area contributed by atoms with Crippen LogP contribution in [-0.4, -0.2) is 64.6 Å². The SMILES string of the molecule is CC(C)(CCOCCCOCCC(C)(C)CS(=O)(=O)O)CS(O)(O)O. The van der Waals surface area contributed by atoms with Crippen LogP contribution in [0, 0.1) is 10.8 Å². The Labute approximate surface area is 153 Å². The predicted molar refractivity (Wildman–Crippen MR) is 99.8 cm³/mol. The van der Waals surface area contributed by atoms with Crippen LogP contribution in [0.2, 0.25) is 0 Å². The topological polar surface area (TPSA) is 134 Å². The van der Waals surface area contributed by atoms with Crippen molar-refractivity contribution in [2.45, 2.75) is 47.0 Å². The van der Waals surface area contributed by atoms with Gasteiger partial charge in [0.1, 0.15) is 0 Å². The molecule has 0 aromatic rings. The largest absolute Gasteiger partial charge is 0.381 e. The molecule has 0 aliphatic heterocycles. The molecule has 0 fully saturated rings. The van der Waals surface area contributed by atoms with Crippen molar-refractivity contribution in [3.05, 3.63) is 0 Å². The average Bonchev–Trinajstić information content (AvgIpc) is 2.30. The number of hydrogen-bond donors (Lipinski definition) is 4. The second-order valence-electron chi connectivity index (χ2n) is 7.91. The van der Waals surface area contributed by atoms with E-state index in [9.17, 15) is 8.42 Å². The quantitative estimate of drug-likeness (QED) is 0.255. The minimum Gasteiger partial charge on any atom is -0.381 e. The smallest absolute Gasteiger partial charge is 0.265 e. The van der Waals surface area contributed by atoms with E-state index in [1.165, 1.54) is 0 Å². The lowest BCUT2D eigenvalue weighted by molar-refractivity contribution is 0.0640. The molecule has 25 heavy (non-hydrogen) atoms. The van der Waals surface area contributed by atoms with Gasteiger partial charge in [0.2, 0.25) is 0 Å². The molecule has 0 saturated carbocycles. The average molecular weight is 407 g/mol. The monoisotopic (exact) mass is 406 g/mol. The molecule has 0 atom stereocenters. The molecule has 0 rings (SSSR count). The highest BCUT2D eigenvalue weighted by molar-refractivity contribution is 8.19.